The number of allylic oxidation sites excluding steroid dienone is 3. The Morgan fingerprint density at radius 3 is 2.58 bits per heavy atom. The van der Waals surface area contributed by atoms with E-state index in [1.807, 2.05) is 38.1 Å². The zero-order chi connectivity index (χ0) is 14.1. The van der Waals surface area contributed by atoms with Gasteiger partial charge in [0.1, 0.15) is 5.76 Å². The molecule has 1 aromatic carbocycles. The highest BCUT2D eigenvalue weighted by atomic mass is 79.9. The number of rotatable bonds is 6. The van der Waals surface area contributed by atoms with Crippen LogP contribution in [0.25, 0.3) is 0 Å². The van der Waals surface area contributed by atoms with Crippen molar-refractivity contribution in [2.45, 2.75) is 33.1 Å². The first-order valence-electron chi connectivity index (χ1n) is 6.37. The monoisotopic (exact) mass is 322 g/mol. The maximum atomic E-state index is 11.7. The van der Waals surface area contributed by atoms with Gasteiger partial charge in [0.2, 0.25) is 0 Å². The van der Waals surface area contributed by atoms with E-state index in [2.05, 4.69) is 28.1 Å². The third-order valence-electron chi connectivity index (χ3n) is 2.57. The van der Waals surface area contributed by atoms with Crippen LogP contribution in [0, 0.1) is 0 Å². The predicted octanol–water partition coefficient (Wildman–Crippen LogP) is 4.76. The average molecular weight is 323 g/mol. The van der Waals surface area contributed by atoms with E-state index in [9.17, 15) is 4.79 Å². The second-order valence-corrected chi connectivity index (χ2v) is 5.40. The summed E-state index contributed by atoms with van der Waals surface area (Å²) in [6.45, 7) is 3.74. The van der Waals surface area contributed by atoms with Gasteiger partial charge in [0.15, 0.2) is 0 Å². The Morgan fingerprint density at radius 1 is 1.32 bits per heavy atom. The van der Waals surface area contributed by atoms with Gasteiger partial charge in [0, 0.05) is 10.9 Å². The quantitative estimate of drug-likeness (QED) is 0.429. The molecule has 0 unspecified atom stereocenters. The number of esters is 1. The molecule has 0 heterocycles. The number of carbonyl (C=O) groups is 1. The third-order valence-corrected chi connectivity index (χ3v) is 2.96. The minimum atomic E-state index is -0.192. The van der Waals surface area contributed by atoms with Crippen LogP contribution in [0.2, 0.25) is 0 Å². The Labute approximate surface area is 123 Å². The molecule has 0 radical (unpaired) electrons. The summed E-state index contributed by atoms with van der Waals surface area (Å²) in [6, 6.07) is 10.1. The number of ether oxygens (including phenoxy) is 1. The Bertz CT molecular complexity index is 457. The molecule has 1 rings (SSSR count). The van der Waals surface area contributed by atoms with Crippen LogP contribution in [0.3, 0.4) is 0 Å². The Morgan fingerprint density at radius 2 is 2.00 bits per heavy atom. The van der Waals surface area contributed by atoms with Crippen molar-refractivity contribution in [3.05, 3.63) is 58.3 Å². The second kappa shape index (κ2) is 8.70. The number of benzene rings is 1. The average Bonchev–Trinajstić information content (AvgIpc) is 2.39. The minimum Gasteiger partial charge on any atom is -0.426 e. The highest BCUT2D eigenvalue weighted by molar-refractivity contribution is 9.11. The lowest BCUT2D eigenvalue weighted by atomic mass is 10.1. The molecule has 0 spiro atoms. The van der Waals surface area contributed by atoms with Crippen LogP contribution in [0.15, 0.2) is 52.7 Å². The summed E-state index contributed by atoms with van der Waals surface area (Å²) >= 11 is 3.33. The summed E-state index contributed by atoms with van der Waals surface area (Å²) in [6.07, 6.45) is 5.74. The number of aryl methyl sites for hydroxylation is 1. The van der Waals surface area contributed by atoms with Gasteiger partial charge in [-0.2, -0.15) is 0 Å². The number of halogens is 1. The van der Waals surface area contributed by atoms with Gasteiger partial charge in [0.05, 0.1) is 0 Å². The summed E-state index contributed by atoms with van der Waals surface area (Å²) in [7, 11) is 0. The molecule has 0 saturated heterocycles. The lowest BCUT2D eigenvalue weighted by molar-refractivity contribution is -0.139. The van der Waals surface area contributed by atoms with Crippen molar-refractivity contribution in [2.24, 2.45) is 0 Å². The first kappa shape index (κ1) is 15.7. The van der Waals surface area contributed by atoms with E-state index in [1.54, 1.807) is 6.08 Å². The smallest absolute Gasteiger partial charge is 0.311 e. The van der Waals surface area contributed by atoms with Gasteiger partial charge in [-0.05, 0) is 38.3 Å². The molecule has 0 aliphatic rings. The first-order chi connectivity index (χ1) is 9.13. The molecule has 2 nitrogen and oxygen atoms in total. The number of hydrogen-bond acceptors (Lipinski definition) is 2. The topological polar surface area (TPSA) is 26.3 Å². The molecule has 0 saturated carbocycles. The first-order valence-corrected chi connectivity index (χ1v) is 7.16. The fourth-order valence-corrected chi connectivity index (χ4v) is 1.84. The molecule has 0 atom stereocenters. The Balaban J connectivity index is 2.38. The highest BCUT2D eigenvalue weighted by Gasteiger charge is 2.07. The maximum absolute atomic E-state index is 11.7. The molecule has 3 heteroatoms. The fourth-order valence-electron chi connectivity index (χ4n) is 1.63. The normalized spacial score (nSPS) is 12.4. The molecular weight excluding hydrogens is 304 g/mol. The summed E-state index contributed by atoms with van der Waals surface area (Å²) in [5, 5.41) is 0. The van der Waals surface area contributed by atoms with Crippen molar-refractivity contribution in [1.29, 1.82) is 0 Å². The number of carbonyl (C=O) groups excluding carboxylic acids is 1. The maximum Gasteiger partial charge on any atom is 0.311 e. The summed E-state index contributed by atoms with van der Waals surface area (Å²) in [5.74, 6) is 0.384. The largest absolute Gasteiger partial charge is 0.426 e. The SMILES string of the molecule is C/C=C\C(OC(=O)CCCc1ccccc1)=C(/C)Br. The molecule has 0 aromatic heterocycles. The van der Waals surface area contributed by atoms with Crippen LogP contribution in [0.5, 0.6) is 0 Å². The minimum absolute atomic E-state index is 0.192. The van der Waals surface area contributed by atoms with Crippen molar-refractivity contribution >= 4 is 21.9 Å². The van der Waals surface area contributed by atoms with Crippen molar-refractivity contribution in [2.75, 3.05) is 0 Å². The second-order valence-electron chi connectivity index (χ2n) is 4.21. The lowest BCUT2D eigenvalue weighted by Gasteiger charge is -2.06. The van der Waals surface area contributed by atoms with E-state index in [1.165, 1.54) is 5.56 Å². The molecule has 102 valence electrons. The van der Waals surface area contributed by atoms with Gasteiger partial charge in [0.25, 0.3) is 0 Å². The van der Waals surface area contributed by atoms with E-state index in [0.717, 1.165) is 17.3 Å². The Hall–Kier alpha value is -1.35. The van der Waals surface area contributed by atoms with Crippen molar-refractivity contribution in [3.63, 3.8) is 0 Å². The molecule has 0 aliphatic carbocycles. The van der Waals surface area contributed by atoms with Crippen molar-refractivity contribution in [3.8, 4) is 0 Å². The fraction of sp³-hybridized carbons (Fsp3) is 0.312. The molecule has 0 amide bonds. The molecule has 1 aromatic rings. The Kier molecular flexibility index (Phi) is 7.19. The summed E-state index contributed by atoms with van der Waals surface area (Å²) in [4.78, 5) is 11.7. The van der Waals surface area contributed by atoms with Crippen LogP contribution in [0.1, 0.15) is 32.3 Å². The number of hydrogen-bond donors (Lipinski definition) is 0. The molecular formula is C16H19BrO2. The van der Waals surface area contributed by atoms with Gasteiger partial charge in [-0.25, -0.2) is 0 Å². The molecule has 0 bridgehead atoms. The molecule has 19 heavy (non-hydrogen) atoms. The summed E-state index contributed by atoms with van der Waals surface area (Å²) < 4.78 is 6.12. The molecule has 0 fully saturated rings. The summed E-state index contributed by atoms with van der Waals surface area (Å²) in [5.41, 5.74) is 1.25. The van der Waals surface area contributed by atoms with Gasteiger partial charge in [-0.15, -0.1) is 0 Å². The van der Waals surface area contributed by atoms with Crippen LogP contribution in [-0.4, -0.2) is 5.97 Å². The van der Waals surface area contributed by atoms with Crippen molar-refractivity contribution in [1.82, 2.24) is 0 Å². The zero-order valence-corrected chi connectivity index (χ0v) is 12.9. The van der Waals surface area contributed by atoms with Gasteiger partial charge >= 0.3 is 5.97 Å². The van der Waals surface area contributed by atoms with Gasteiger partial charge in [-0.1, -0.05) is 52.3 Å². The van der Waals surface area contributed by atoms with Gasteiger partial charge < -0.3 is 4.74 Å². The predicted molar refractivity (Wildman–Crippen MR) is 81.9 cm³/mol. The van der Waals surface area contributed by atoms with Crippen LogP contribution < -0.4 is 0 Å². The van der Waals surface area contributed by atoms with E-state index in [0.29, 0.717) is 12.2 Å². The van der Waals surface area contributed by atoms with E-state index >= 15 is 0 Å². The van der Waals surface area contributed by atoms with Crippen LogP contribution in [0.4, 0.5) is 0 Å². The van der Waals surface area contributed by atoms with Crippen molar-refractivity contribution < 1.29 is 9.53 Å². The standard InChI is InChI=1S/C16H19BrO2/c1-3-8-15(13(2)17)19-16(18)12-7-11-14-9-5-4-6-10-14/h3-6,8-10H,7,11-12H2,1-2H3/b8-3-,15-13-. The zero-order valence-electron chi connectivity index (χ0n) is 11.4. The van der Waals surface area contributed by atoms with Gasteiger partial charge in [-0.3, -0.25) is 4.79 Å². The van der Waals surface area contributed by atoms with E-state index in [-0.39, 0.29) is 5.97 Å². The van der Waals surface area contributed by atoms with Crippen LogP contribution in [-0.2, 0) is 16.0 Å². The molecule has 0 N–H and O–H groups in total. The van der Waals surface area contributed by atoms with E-state index in [4.69, 9.17) is 4.74 Å². The van der Waals surface area contributed by atoms with E-state index < -0.39 is 0 Å². The highest BCUT2D eigenvalue weighted by Crippen LogP contribution is 2.15. The molecule has 0 aliphatic heterocycles. The lowest BCUT2D eigenvalue weighted by Crippen LogP contribution is -2.04. The van der Waals surface area contributed by atoms with Crippen LogP contribution >= 0.6 is 15.9 Å². The third kappa shape index (κ3) is 6.39.